The number of carbonyl (C=O) groups is 2. The maximum atomic E-state index is 14.9. The molecule has 192 valence electrons. The Morgan fingerprint density at radius 1 is 0.974 bits per heavy atom. The van der Waals surface area contributed by atoms with E-state index in [-0.39, 0.29) is 18.8 Å². The fourth-order valence-corrected chi connectivity index (χ4v) is 5.19. The van der Waals surface area contributed by atoms with E-state index in [2.05, 4.69) is 0 Å². The zero-order valence-electron chi connectivity index (χ0n) is 20.5. The molecular formula is C30H25FN2O5. The molecule has 4 aromatic rings. The zero-order valence-corrected chi connectivity index (χ0v) is 20.5. The summed E-state index contributed by atoms with van der Waals surface area (Å²) in [4.78, 5) is 39.7. The van der Waals surface area contributed by atoms with Crippen LogP contribution in [0.4, 0.5) is 4.39 Å². The van der Waals surface area contributed by atoms with E-state index in [0.717, 1.165) is 17.3 Å². The van der Waals surface area contributed by atoms with Crippen molar-refractivity contribution < 1.29 is 24.2 Å². The van der Waals surface area contributed by atoms with Crippen molar-refractivity contribution in [1.29, 1.82) is 0 Å². The van der Waals surface area contributed by atoms with Crippen LogP contribution in [0.25, 0.3) is 0 Å². The minimum atomic E-state index is -1.51. The van der Waals surface area contributed by atoms with E-state index >= 15 is 0 Å². The van der Waals surface area contributed by atoms with Crippen molar-refractivity contribution in [3.63, 3.8) is 0 Å². The molecule has 0 aliphatic carbocycles. The van der Waals surface area contributed by atoms with Crippen LogP contribution in [0.5, 0.6) is 5.75 Å². The molecule has 5 rings (SSSR count). The number of aromatic nitrogens is 1. The number of aromatic carboxylic acids is 1. The Morgan fingerprint density at radius 3 is 2.16 bits per heavy atom. The number of aromatic hydroxyl groups is 1. The third kappa shape index (κ3) is 4.34. The maximum absolute atomic E-state index is 14.9. The lowest BCUT2D eigenvalue weighted by molar-refractivity contribution is 0.0622. The van der Waals surface area contributed by atoms with E-state index in [4.69, 9.17) is 0 Å². The van der Waals surface area contributed by atoms with Crippen molar-refractivity contribution >= 4 is 11.9 Å². The van der Waals surface area contributed by atoms with Gasteiger partial charge >= 0.3 is 5.97 Å². The number of carbonyl (C=O) groups excluding carboxylic acids is 1. The molecule has 2 N–H and O–H groups in total. The smallest absolute Gasteiger partial charge is 0.341 e. The van der Waals surface area contributed by atoms with Crippen LogP contribution in [0.3, 0.4) is 0 Å². The number of hydrogen-bond acceptors (Lipinski definition) is 4. The first-order valence-corrected chi connectivity index (χ1v) is 12.1. The molecule has 1 aromatic heterocycles. The summed E-state index contributed by atoms with van der Waals surface area (Å²) < 4.78 is 16.3. The molecule has 0 radical (unpaired) electrons. The molecule has 3 aromatic carbocycles. The second-order valence-electron chi connectivity index (χ2n) is 9.38. The fraction of sp³-hybridized carbons (Fsp3) is 0.167. The van der Waals surface area contributed by atoms with Gasteiger partial charge in [0.15, 0.2) is 11.4 Å². The van der Waals surface area contributed by atoms with Crippen molar-refractivity contribution in [3.8, 4) is 5.75 Å². The summed E-state index contributed by atoms with van der Waals surface area (Å²) >= 11 is 0. The number of carboxylic acid groups (broad SMARTS) is 1. The molecule has 0 saturated carbocycles. The second kappa shape index (κ2) is 9.97. The second-order valence-corrected chi connectivity index (χ2v) is 9.38. The fourth-order valence-electron chi connectivity index (χ4n) is 5.19. The minimum absolute atomic E-state index is 0.0784. The largest absolute Gasteiger partial charge is 0.503 e. The summed E-state index contributed by atoms with van der Waals surface area (Å²) in [6.45, 7) is 1.62. The van der Waals surface area contributed by atoms with E-state index in [1.54, 1.807) is 25.1 Å². The highest BCUT2D eigenvalue weighted by Crippen LogP contribution is 2.40. The Morgan fingerprint density at radius 2 is 1.58 bits per heavy atom. The quantitative estimate of drug-likeness (QED) is 0.389. The number of aryl methyl sites for hydroxylation is 1. The number of pyridine rings is 1. The molecular weight excluding hydrogens is 487 g/mol. The number of halogens is 1. The number of fused-ring (bicyclic) bond motifs is 1. The molecule has 0 unspecified atom stereocenters. The van der Waals surface area contributed by atoms with Crippen molar-refractivity contribution in [3.05, 3.63) is 135 Å². The molecule has 1 amide bonds. The molecule has 8 heteroatoms. The normalized spacial score (nSPS) is 15.0. The summed E-state index contributed by atoms with van der Waals surface area (Å²) in [6, 6.07) is 23.3. The number of nitrogens with zero attached hydrogens (tertiary/aromatic N) is 2. The molecule has 2 heterocycles. The highest BCUT2D eigenvalue weighted by atomic mass is 19.1. The molecule has 1 aliphatic heterocycles. The first kappa shape index (κ1) is 25.0. The van der Waals surface area contributed by atoms with Gasteiger partial charge in [0.2, 0.25) is 5.43 Å². The Balaban J connectivity index is 1.74. The highest BCUT2D eigenvalue weighted by Gasteiger charge is 2.40. The first-order valence-electron chi connectivity index (χ1n) is 12.1. The Bertz CT molecular complexity index is 1540. The van der Waals surface area contributed by atoms with E-state index in [9.17, 15) is 29.0 Å². The van der Waals surface area contributed by atoms with Gasteiger partial charge in [-0.1, -0.05) is 78.9 Å². The van der Waals surface area contributed by atoms with E-state index in [1.165, 1.54) is 9.47 Å². The van der Waals surface area contributed by atoms with Gasteiger partial charge in [-0.05, 0) is 23.6 Å². The Kier molecular flexibility index (Phi) is 6.55. The van der Waals surface area contributed by atoms with Crippen molar-refractivity contribution in [2.75, 3.05) is 6.54 Å². The summed E-state index contributed by atoms with van der Waals surface area (Å²) in [5, 5.41) is 20.5. The molecule has 0 bridgehead atoms. The van der Waals surface area contributed by atoms with Gasteiger partial charge in [-0.25, -0.2) is 9.18 Å². The van der Waals surface area contributed by atoms with Gasteiger partial charge in [0, 0.05) is 30.8 Å². The number of amides is 1. The zero-order chi connectivity index (χ0) is 27.0. The van der Waals surface area contributed by atoms with E-state index in [0.29, 0.717) is 11.1 Å². The van der Waals surface area contributed by atoms with Gasteiger partial charge in [0.25, 0.3) is 5.91 Å². The topological polar surface area (TPSA) is 99.8 Å². The van der Waals surface area contributed by atoms with Crippen molar-refractivity contribution in [2.24, 2.45) is 0 Å². The number of hydrogen-bond donors (Lipinski definition) is 2. The summed E-state index contributed by atoms with van der Waals surface area (Å²) in [5.74, 6) is -3.96. The molecule has 0 spiro atoms. The lowest BCUT2D eigenvalue weighted by Crippen LogP contribution is -2.46. The lowest BCUT2D eigenvalue weighted by Gasteiger charge is -2.40. The Labute approximate surface area is 218 Å². The molecule has 7 nitrogen and oxygen atoms in total. The number of carboxylic acids is 1. The molecule has 38 heavy (non-hydrogen) atoms. The van der Waals surface area contributed by atoms with Crippen LogP contribution in [0.2, 0.25) is 0 Å². The van der Waals surface area contributed by atoms with Gasteiger partial charge in [-0.3, -0.25) is 9.59 Å². The minimum Gasteiger partial charge on any atom is -0.503 e. The SMILES string of the molecule is Cc1cccc(CN2C[C@H](C(c3ccccc3)c3ccccc3)n3cc(C(=O)O)c(=O)c(O)c3C2=O)c1F. The average molecular weight is 513 g/mol. The van der Waals surface area contributed by atoms with Crippen molar-refractivity contribution in [1.82, 2.24) is 9.47 Å². The predicted octanol–water partition coefficient (Wildman–Crippen LogP) is 4.73. The van der Waals surface area contributed by atoms with Crippen molar-refractivity contribution in [2.45, 2.75) is 25.4 Å². The van der Waals surface area contributed by atoms with Crippen LogP contribution in [0, 0.1) is 12.7 Å². The summed E-state index contributed by atoms with van der Waals surface area (Å²) in [7, 11) is 0. The van der Waals surface area contributed by atoms with Crippen LogP contribution in [-0.2, 0) is 6.54 Å². The third-order valence-electron chi connectivity index (χ3n) is 7.03. The molecule has 1 aliphatic rings. The lowest BCUT2D eigenvalue weighted by atomic mass is 9.83. The molecule has 0 fully saturated rings. The average Bonchev–Trinajstić information content (AvgIpc) is 2.92. The van der Waals surface area contributed by atoms with Crippen LogP contribution in [0.15, 0.2) is 89.9 Å². The van der Waals surface area contributed by atoms with Gasteiger partial charge in [0.1, 0.15) is 11.4 Å². The van der Waals surface area contributed by atoms with Gasteiger partial charge in [0.05, 0.1) is 6.04 Å². The summed E-state index contributed by atoms with van der Waals surface area (Å²) in [5.41, 5.74) is 0.409. The van der Waals surface area contributed by atoms with Crippen LogP contribution >= 0.6 is 0 Å². The van der Waals surface area contributed by atoms with E-state index < -0.39 is 46.4 Å². The molecule has 0 saturated heterocycles. The van der Waals surface area contributed by atoms with E-state index in [1.807, 2.05) is 60.7 Å². The van der Waals surface area contributed by atoms with Crippen LogP contribution in [0.1, 0.15) is 55.1 Å². The highest BCUT2D eigenvalue weighted by molar-refractivity contribution is 5.97. The standard InChI is InChI=1S/C30H25FN2O5/c1-18-9-8-14-21(25(18)31)15-32-17-23(24(19-10-4-2-5-11-19)20-12-6-3-7-13-20)33-16-22(30(37)38)27(34)28(35)26(33)29(32)36/h2-14,16,23-24,35H,15,17H2,1H3,(H,37,38)/t23-/m1/s1. The van der Waals surface area contributed by atoms with Gasteiger partial charge in [-0.2, -0.15) is 0 Å². The molecule has 1 atom stereocenters. The summed E-state index contributed by atoms with van der Waals surface area (Å²) in [6.07, 6.45) is 1.13. The number of rotatable bonds is 6. The number of benzene rings is 3. The predicted molar refractivity (Wildman–Crippen MR) is 139 cm³/mol. The first-order chi connectivity index (χ1) is 18.3. The maximum Gasteiger partial charge on any atom is 0.341 e. The Hall–Kier alpha value is -4.72. The third-order valence-corrected chi connectivity index (χ3v) is 7.03. The van der Waals surface area contributed by atoms with Crippen LogP contribution in [-0.4, -0.2) is 38.1 Å². The van der Waals surface area contributed by atoms with Gasteiger partial charge < -0.3 is 19.7 Å². The van der Waals surface area contributed by atoms with Crippen LogP contribution < -0.4 is 5.43 Å². The van der Waals surface area contributed by atoms with Gasteiger partial charge in [-0.15, -0.1) is 0 Å². The monoisotopic (exact) mass is 512 g/mol.